The molecule has 0 aliphatic rings. The Kier molecular flexibility index (Phi) is 6.69. The summed E-state index contributed by atoms with van der Waals surface area (Å²) in [5.74, 6) is 0.823. The van der Waals surface area contributed by atoms with Gasteiger partial charge in [0.15, 0.2) is 0 Å². The van der Waals surface area contributed by atoms with E-state index < -0.39 is 0 Å². The van der Waals surface area contributed by atoms with Crippen LogP contribution in [-0.4, -0.2) is 45.2 Å². The van der Waals surface area contributed by atoms with Crippen LogP contribution in [0.4, 0.5) is 10.5 Å². The molecule has 0 fully saturated rings. The Morgan fingerprint density at radius 1 is 1.08 bits per heavy atom. The number of aryl methyl sites for hydroxylation is 1. The van der Waals surface area contributed by atoms with Crippen LogP contribution in [0, 0.1) is 6.92 Å². The summed E-state index contributed by atoms with van der Waals surface area (Å²) in [6.45, 7) is 3.50. The van der Waals surface area contributed by atoms with Gasteiger partial charge in [-0.15, -0.1) is 0 Å². The number of nitrogens with zero attached hydrogens (tertiary/aromatic N) is 2. The molecule has 0 atom stereocenters. The minimum absolute atomic E-state index is 0.107. The van der Waals surface area contributed by atoms with Crippen LogP contribution in [0.3, 0.4) is 0 Å². The zero-order chi connectivity index (χ0) is 18.2. The number of rotatable bonds is 7. The fraction of sp³-hybridized carbons (Fsp3) is 0.350. The van der Waals surface area contributed by atoms with Gasteiger partial charge in [-0.2, -0.15) is 0 Å². The first-order valence-corrected chi connectivity index (χ1v) is 8.40. The van der Waals surface area contributed by atoms with Crippen LogP contribution in [0.5, 0.6) is 5.75 Å². The molecule has 5 heteroatoms. The Morgan fingerprint density at radius 2 is 1.80 bits per heavy atom. The van der Waals surface area contributed by atoms with Crippen LogP contribution >= 0.6 is 0 Å². The van der Waals surface area contributed by atoms with Gasteiger partial charge in [0.05, 0.1) is 6.54 Å². The molecule has 25 heavy (non-hydrogen) atoms. The molecule has 0 spiro atoms. The van der Waals surface area contributed by atoms with Crippen molar-refractivity contribution in [2.75, 3.05) is 39.2 Å². The average Bonchev–Trinajstić information content (AvgIpc) is 2.59. The summed E-state index contributed by atoms with van der Waals surface area (Å²) < 4.78 is 5.63. The number of hydrogen-bond donors (Lipinski definition) is 1. The van der Waals surface area contributed by atoms with Crippen molar-refractivity contribution in [2.45, 2.75) is 13.5 Å². The Balaban J connectivity index is 1.72. The van der Waals surface area contributed by atoms with Crippen molar-refractivity contribution >= 4 is 11.7 Å². The number of anilines is 1. The predicted octanol–water partition coefficient (Wildman–Crippen LogP) is 3.28. The molecule has 2 aromatic rings. The van der Waals surface area contributed by atoms with E-state index in [-0.39, 0.29) is 6.03 Å². The molecule has 2 rings (SSSR count). The smallest absolute Gasteiger partial charge is 0.317 e. The maximum absolute atomic E-state index is 12.1. The van der Waals surface area contributed by atoms with Gasteiger partial charge in [0.1, 0.15) is 12.4 Å². The zero-order valence-electron chi connectivity index (χ0n) is 15.5. The topological polar surface area (TPSA) is 44.8 Å². The summed E-state index contributed by atoms with van der Waals surface area (Å²) in [6.07, 6.45) is 0. The molecule has 0 unspecified atom stereocenters. The third kappa shape index (κ3) is 6.03. The fourth-order valence-corrected chi connectivity index (χ4v) is 2.41. The zero-order valence-corrected chi connectivity index (χ0v) is 15.5. The van der Waals surface area contributed by atoms with E-state index >= 15 is 0 Å². The first-order chi connectivity index (χ1) is 12.0. The highest BCUT2D eigenvalue weighted by Gasteiger charge is 2.08. The molecule has 0 aliphatic heterocycles. The molecule has 0 aromatic heterocycles. The van der Waals surface area contributed by atoms with Gasteiger partial charge in [0.25, 0.3) is 0 Å². The van der Waals surface area contributed by atoms with Gasteiger partial charge in [0.2, 0.25) is 0 Å². The summed E-state index contributed by atoms with van der Waals surface area (Å²) in [5, 5.41) is 2.87. The van der Waals surface area contributed by atoms with Crippen molar-refractivity contribution in [2.24, 2.45) is 0 Å². The number of carbonyl (C=O) groups is 1. The standard InChI is InChI=1S/C20H27N3O2/c1-16-6-5-7-19(14-16)25-13-12-21-20(24)23(4)15-17-8-10-18(11-9-17)22(2)3/h5-11,14H,12-13,15H2,1-4H3,(H,21,24). The second-order valence-corrected chi connectivity index (χ2v) is 6.31. The number of carbonyl (C=O) groups excluding carboxylic acids is 1. The molecule has 1 N–H and O–H groups in total. The Morgan fingerprint density at radius 3 is 2.44 bits per heavy atom. The van der Waals surface area contributed by atoms with Gasteiger partial charge >= 0.3 is 6.03 Å². The first-order valence-electron chi connectivity index (χ1n) is 8.40. The summed E-state index contributed by atoms with van der Waals surface area (Å²) in [6, 6.07) is 16.0. The monoisotopic (exact) mass is 341 g/mol. The van der Waals surface area contributed by atoms with Gasteiger partial charge < -0.3 is 19.9 Å². The van der Waals surface area contributed by atoms with Crippen LogP contribution in [0.2, 0.25) is 0 Å². The molecule has 0 radical (unpaired) electrons. The lowest BCUT2D eigenvalue weighted by atomic mass is 10.2. The van der Waals surface area contributed by atoms with Crippen LogP contribution in [0.15, 0.2) is 48.5 Å². The van der Waals surface area contributed by atoms with Gasteiger partial charge in [0, 0.05) is 33.4 Å². The van der Waals surface area contributed by atoms with Crippen molar-refractivity contribution in [1.29, 1.82) is 0 Å². The highest BCUT2D eigenvalue weighted by molar-refractivity contribution is 5.73. The van der Waals surface area contributed by atoms with Crippen molar-refractivity contribution in [3.8, 4) is 5.75 Å². The van der Waals surface area contributed by atoms with E-state index in [0.29, 0.717) is 19.7 Å². The minimum Gasteiger partial charge on any atom is -0.492 e. The van der Waals surface area contributed by atoms with Gasteiger partial charge in [-0.05, 0) is 42.3 Å². The van der Waals surface area contributed by atoms with E-state index in [1.54, 1.807) is 11.9 Å². The maximum Gasteiger partial charge on any atom is 0.317 e. The second kappa shape index (κ2) is 8.97. The Bertz CT molecular complexity index is 684. The molecule has 5 nitrogen and oxygen atoms in total. The molecule has 0 saturated heterocycles. The summed E-state index contributed by atoms with van der Waals surface area (Å²) in [7, 11) is 5.80. The number of benzene rings is 2. The molecule has 2 aromatic carbocycles. The van der Waals surface area contributed by atoms with Gasteiger partial charge in [-0.1, -0.05) is 24.3 Å². The Hall–Kier alpha value is -2.69. The maximum atomic E-state index is 12.1. The van der Waals surface area contributed by atoms with E-state index in [9.17, 15) is 4.79 Å². The molecular weight excluding hydrogens is 314 g/mol. The van der Waals surface area contributed by atoms with Crippen molar-refractivity contribution in [3.05, 3.63) is 59.7 Å². The van der Waals surface area contributed by atoms with Gasteiger partial charge in [-0.25, -0.2) is 4.79 Å². The summed E-state index contributed by atoms with van der Waals surface area (Å²) >= 11 is 0. The third-order valence-corrected chi connectivity index (χ3v) is 3.86. The quantitative estimate of drug-likeness (QED) is 0.786. The molecular formula is C20H27N3O2. The fourth-order valence-electron chi connectivity index (χ4n) is 2.41. The lowest BCUT2D eigenvalue weighted by Gasteiger charge is -2.19. The number of hydrogen-bond acceptors (Lipinski definition) is 3. The molecule has 0 aliphatic carbocycles. The van der Waals surface area contributed by atoms with Crippen LogP contribution in [0.1, 0.15) is 11.1 Å². The lowest BCUT2D eigenvalue weighted by molar-refractivity contribution is 0.203. The second-order valence-electron chi connectivity index (χ2n) is 6.31. The number of nitrogens with one attached hydrogen (secondary N) is 1. The largest absolute Gasteiger partial charge is 0.492 e. The normalized spacial score (nSPS) is 10.2. The van der Waals surface area contributed by atoms with Crippen molar-refractivity contribution in [1.82, 2.24) is 10.2 Å². The van der Waals surface area contributed by atoms with E-state index in [0.717, 1.165) is 22.6 Å². The molecule has 134 valence electrons. The van der Waals surface area contributed by atoms with E-state index in [4.69, 9.17) is 4.74 Å². The number of urea groups is 1. The predicted molar refractivity (Wildman–Crippen MR) is 102 cm³/mol. The van der Waals surface area contributed by atoms with Crippen molar-refractivity contribution < 1.29 is 9.53 Å². The molecule has 2 amide bonds. The SMILES string of the molecule is Cc1cccc(OCCNC(=O)N(C)Cc2ccc(N(C)C)cc2)c1. The number of amides is 2. The summed E-state index contributed by atoms with van der Waals surface area (Å²) in [5.41, 5.74) is 3.39. The molecule has 0 bridgehead atoms. The lowest BCUT2D eigenvalue weighted by Crippen LogP contribution is -2.38. The Labute approximate surface area is 150 Å². The van der Waals surface area contributed by atoms with Crippen LogP contribution < -0.4 is 15.0 Å². The molecule has 0 heterocycles. The minimum atomic E-state index is -0.107. The number of ether oxygens (including phenoxy) is 1. The van der Waals surface area contributed by atoms with Crippen molar-refractivity contribution in [3.63, 3.8) is 0 Å². The highest BCUT2D eigenvalue weighted by atomic mass is 16.5. The van der Waals surface area contributed by atoms with E-state index in [2.05, 4.69) is 22.3 Å². The third-order valence-electron chi connectivity index (χ3n) is 3.86. The van der Waals surface area contributed by atoms with E-state index in [1.165, 1.54) is 0 Å². The molecule has 0 saturated carbocycles. The van der Waals surface area contributed by atoms with Gasteiger partial charge in [-0.3, -0.25) is 0 Å². The first kappa shape index (κ1) is 18.6. The van der Waals surface area contributed by atoms with E-state index in [1.807, 2.05) is 57.4 Å². The van der Waals surface area contributed by atoms with Crippen LogP contribution in [-0.2, 0) is 6.54 Å². The highest BCUT2D eigenvalue weighted by Crippen LogP contribution is 2.13. The van der Waals surface area contributed by atoms with Crippen LogP contribution in [0.25, 0.3) is 0 Å². The summed E-state index contributed by atoms with van der Waals surface area (Å²) in [4.78, 5) is 15.9. The average molecular weight is 341 g/mol.